The van der Waals surface area contributed by atoms with Gasteiger partial charge in [0, 0.05) is 10.6 Å². The largest absolute Gasteiger partial charge is 0.497 e. The predicted octanol–water partition coefficient (Wildman–Crippen LogP) is 3.85. The Bertz CT molecular complexity index is 755. The number of hydrogen-bond acceptors (Lipinski definition) is 5. The Kier molecular flexibility index (Phi) is 6.42. The fraction of sp³-hybridized carbons (Fsp3) is 0.263. The van der Waals surface area contributed by atoms with Crippen molar-refractivity contribution in [3.05, 3.63) is 58.6 Å². The van der Waals surface area contributed by atoms with Crippen molar-refractivity contribution in [2.45, 2.75) is 20.0 Å². The number of aryl methyl sites for hydroxylation is 1. The fourth-order valence-electron chi connectivity index (χ4n) is 2.12. The molecule has 0 amide bonds. The standard InChI is InChI=1S/C19H19ClO5/c1-12-10-16(8-9-17(12)20)24-11-18(21)25-13(2)19(22)14-4-6-15(23-3)7-5-14/h4-10,13H,11H2,1-3H3/t13-/m0/s1. The van der Waals surface area contributed by atoms with Gasteiger partial charge < -0.3 is 14.2 Å². The second-order valence-electron chi connectivity index (χ2n) is 5.42. The predicted molar refractivity (Wildman–Crippen MR) is 94.6 cm³/mol. The number of esters is 1. The first-order valence-electron chi connectivity index (χ1n) is 7.67. The van der Waals surface area contributed by atoms with Gasteiger partial charge in [-0.3, -0.25) is 4.79 Å². The van der Waals surface area contributed by atoms with E-state index in [1.165, 1.54) is 6.92 Å². The number of rotatable bonds is 7. The molecule has 6 heteroatoms. The lowest BCUT2D eigenvalue weighted by Gasteiger charge is -2.13. The fourth-order valence-corrected chi connectivity index (χ4v) is 2.24. The lowest BCUT2D eigenvalue weighted by Crippen LogP contribution is -2.27. The minimum Gasteiger partial charge on any atom is -0.497 e. The van der Waals surface area contributed by atoms with Crippen molar-refractivity contribution in [3.63, 3.8) is 0 Å². The molecule has 132 valence electrons. The maximum absolute atomic E-state index is 12.3. The van der Waals surface area contributed by atoms with Crippen LogP contribution in [0.15, 0.2) is 42.5 Å². The van der Waals surface area contributed by atoms with E-state index < -0.39 is 12.1 Å². The Morgan fingerprint density at radius 3 is 2.32 bits per heavy atom. The first-order chi connectivity index (χ1) is 11.9. The molecule has 0 unspecified atom stereocenters. The van der Waals surface area contributed by atoms with E-state index in [1.807, 2.05) is 6.92 Å². The highest BCUT2D eigenvalue weighted by Crippen LogP contribution is 2.21. The third-order valence-corrected chi connectivity index (χ3v) is 3.96. The van der Waals surface area contributed by atoms with E-state index in [-0.39, 0.29) is 12.4 Å². The maximum Gasteiger partial charge on any atom is 0.344 e. The van der Waals surface area contributed by atoms with Crippen molar-refractivity contribution in [3.8, 4) is 11.5 Å². The van der Waals surface area contributed by atoms with Gasteiger partial charge in [-0.2, -0.15) is 0 Å². The van der Waals surface area contributed by atoms with E-state index in [2.05, 4.69) is 0 Å². The van der Waals surface area contributed by atoms with Crippen LogP contribution < -0.4 is 9.47 Å². The summed E-state index contributed by atoms with van der Waals surface area (Å²) in [5.74, 6) is 0.237. The molecule has 2 aromatic carbocycles. The van der Waals surface area contributed by atoms with Gasteiger partial charge in [-0.25, -0.2) is 4.79 Å². The second-order valence-corrected chi connectivity index (χ2v) is 5.83. The van der Waals surface area contributed by atoms with Gasteiger partial charge in [0.05, 0.1) is 7.11 Å². The van der Waals surface area contributed by atoms with Crippen LogP contribution in [0.5, 0.6) is 11.5 Å². The van der Waals surface area contributed by atoms with E-state index in [0.29, 0.717) is 22.1 Å². The first kappa shape index (κ1) is 18.8. The summed E-state index contributed by atoms with van der Waals surface area (Å²) in [6, 6.07) is 11.7. The van der Waals surface area contributed by atoms with E-state index in [1.54, 1.807) is 49.6 Å². The Morgan fingerprint density at radius 2 is 1.72 bits per heavy atom. The van der Waals surface area contributed by atoms with Gasteiger partial charge >= 0.3 is 5.97 Å². The SMILES string of the molecule is COc1ccc(C(=O)[C@H](C)OC(=O)COc2ccc(Cl)c(C)c2)cc1. The second kappa shape index (κ2) is 8.53. The quantitative estimate of drug-likeness (QED) is 0.553. The number of carbonyl (C=O) groups excluding carboxylic acids is 2. The van der Waals surface area contributed by atoms with Gasteiger partial charge in [-0.1, -0.05) is 11.6 Å². The number of hydrogen-bond donors (Lipinski definition) is 0. The Morgan fingerprint density at radius 1 is 1.08 bits per heavy atom. The monoisotopic (exact) mass is 362 g/mol. The van der Waals surface area contributed by atoms with Crippen LogP contribution >= 0.6 is 11.6 Å². The molecule has 5 nitrogen and oxygen atoms in total. The van der Waals surface area contributed by atoms with Crippen molar-refractivity contribution in [1.29, 1.82) is 0 Å². The number of methoxy groups -OCH3 is 1. The molecular formula is C19H19ClO5. The summed E-state index contributed by atoms with van der Waals surface area (Å²) < 4.78 is 15.5. The average molecular weight is 363 g/mol. The molecular weight excluding hydrogens is 344 g/mol. The van der Waals surface area contributed by atoms with E-state index in [0.717, 1.165) is 5.56 Å². The molecule has 0 fully saturated rings. The summed E-state index contributed by atoms with van der Waals surface area (Å²) in [5.41, 5.74) is 1.28. The van der Waals surface area contributed by atoms with Crippen molar-refractivity contribution in [1.82, 2.24) is 0 Å². The molecule has 1 atom stereocenters. The summed E-state index contributed by atoms with van der Waals surface area (Å²) in [6.07, 6.45) is -0.906. The van der Waals surface area contributed by atoms with Crippen LogP contribution in [0.1, 0.15) is 22.8 Å². The molecule has 0 bridgehead atoms. The van der Waals surface area contributed by atoms with Crippen LogP contribution in [-0.4, -0.2) is 31.6 Å². The number of ether oxygens (including phenoxy) is 3. The molecule has 0 radical (unpaired) electrons. The molecule has 2 aromatic rings. The molecule has 0 heterocycles. The zero-order valence-electron chi connectivity index (χ0n) is 14.2. The highest BCUT2D eigenvalue weighted by atomic mass is 35.5. The Labute approximate surface area is 151 Å². The molecule has 0 spiro atoms. The summed E-state index contributed by atoms with van der Waals surface area (Å²) in [5, 5.41) is 0.619. The summed E-state index contributed by atoms with van der Waals surface area (Å²) in [4.78, 5) is 24.1. The van der Waals surface area contributed by atoms with Crippen LogP contribution in [0.2, 0.25) is 5.02 Å². The van der Waals surface area contributed by atoms with Gasteiger partial charge in [0.2, 0.25) is 5.78 Å². The normalized spacial score (nSPS) is 11.5. The molecule has 0 aromatic heterocycles. The maximum atomic E-state index is 12.3. The minimum atomic E-state index is -0.906. The summed E-state index contributed by atoms with van der Waals surface area (Å²) >= 11 is 5.93. The summed E-state index contributed by atoms with van der Waals surface area (Å²) in [7, 11) is 1.55. The van der Waals surface area contributed by atoms with Gasteiger partial charge in [-0.15, -0.1) is 0 Å². The number of Topliss-reactive ketones (excluding diaryl/α,β-unsaturated/α-hetero) is 1. The Hall–Kier alpha value is -2.53. The Balaban J connectivity index is 1.88. The van der Waals surface area contributed by atoms with E-state index in [9.17, 15) is 9.59 Å². The topological polar surface area (TPSA) is 61.8 Å². The van der Waals surface area contributed by atoms with Gasteiger partial charge in [0.15, 0.2) is 12.7 Å². The minimum absolute atomic E-state index is 0.290. The van der Waals surface area contributed by atoms with E-state index in [4.69, 9.17) is 25.8 Å². The zero-order valence-corrected chi connectivity index (χ0v) is 15.0. The van der Waals surface area contributed by atoms with Gasteiger partial charge in [0.25, 0.3) is 0 Å². The molecule has 0 aliphatic heterocycles. The van der Waals surface area contributed by atoms with Crippen LogP contribution in [-0.2, 0) is 9.53 Å². The number of ketones is 1. The lowest BCUT2D eigenvalue weighted by molar-refractivity contribution is -0.148. The van der Waals surface area contributed by atoms with Gasteiger partial charge in [0.1, 0.15) is 11.5 Å². The van der Waals surface area contributed by atoms with Crippen molar-refractivity contribution in [2.75, 3.05) is 13.7 Å². The zero-order chi connectivity index (χ0) is 18.4. The third-order valence-electron chi connectivity index (χ3n) is 3.54. The number of benzene rings is 2. The third kappa shape index (κ3) is 5.22. The molecule has 2 rings (SSSR count). The molecule has 0 aliphatic rings. The van der Waals surface area contributed by atoms with E-state index >= 15 is 0 Å². The van der Waals surface area contributed by atoms with Crippen LogP contribution in [0.25, 0.3) is 0 Å². The van der Waals surface area contributed by atoms with Crippen LogP contribution in [0, 0.1) is 6.92 Å². The average Bonchev–Trinajstić information content (AvgIpc) is 2.62. The molecule has 0 aliphatic carbocycles. The number of halogens is 1. The highest BCUT2D eigenvalue weighted by Gasteiger charge is 2.20. The van der Waals surface area contributed by atoms with Crippen molar-refractivity contribution in [2.24, 2.45) is 0 Å². The first-order valence-corrected chi connectivity index (χ1v) is 8.05. The lowest BCUT2D eigenvalue weighted by atomic mass is 10.1. The molecule has 0 N–H and O–H groups in total. The van der Waals surface area contributed by atoms with Gasteiger partial charge in [-0.05, 0) is 61.9 Å². The van der Waals surface area contributed by atoms with Crippen molar-refractivity contribution < 1.29 is 23.8 Å². The smallest absolute Gasteiger partial charge is 0.344 e. The van der Waals surface area contributed by atoms with Crippen molar-refractivity contribution >= 4 is 23.4 Å². The highest BCUT2D eigenvalue weighted by molar-refractivity contribution is 6.31. The molecule has 0 saturated carbocycles. The summed E-state index contributed by atoms with van der Waals surface area (Å²) in [6.45, 7) is 3.07. The van der Waals surface area contributed by atoms with Crippen LogP contribution in [0.4, 0.5) is 0 Å². The molecule has 25 heavy (non-hydrogen) atoms. The molecule has 0 saturated heterocycles. The van der Waals surface area contributed by atoms with Crippen LogP contribution in [0.3, 0.4) is 0 Å². The number of carbonyl (C=O) groups is 2.